The van der Waals surface area contributed by atoms with E-state index in [1.807, 2.05) is 0 Å². The van der Waals surface area contributed by atoms with Crippen LogP contribution in [0.3, 0.4) is 0 Å². The zero-order valence-corrected chi connectivity index (χ0v) is 21.2. The molecule has 2 aliphatic rings. The summed E-state index contributed by atoms with van der Waals surface area (Å²) >= 11 is 2.42. The Labute approximate surface area is 219 Å². The van der Waals surface area contributed by atoms with Gasteiger partial charge in [0.15, 0.2) is 0 Å². The molecule has 0 saturated carbocycles. The molecule has 2 unspecified atom stereocenters. The third kappa shape index (κ3) is 5.27. The van der Waals surface area contributed by atoms with E-state index in [4.69, 9.17) is 11.5 Å². The van der Waals surface area contributed by atoms with Crippen LogP contribution < -0.4 is 16.4 Å². The van der Waals surface area contributed by atoms with Crippen molar-refractivity contribution in [2.45, 2.75) is 36.1 Å². The number of fused-ring (bicyclic) bond motifs is 1. The van der Waals surface area contributed by atoms with E-state index in [2.05, 4.69) is 15.5 Å². The highest BCUT2D eigenvalue weighted by Gasteiger charge is 2.59. The zero-order valence-electron chi connectivity index (χ0n) is 19.6. The number of nitrogens with two attached hydrogens (primary N) is 2. The lowest BCUT2D eigenvalue weighted by molar-refractivity contribution is -0.156. The van der Waals surface area contributed by atoms with Gasteiger partial charge < -0.3 is 26.6 Å². The van der Waals surface area contributed by atoms with Crippen LogP contribution in [0.2, 0.25) is 0 Å². The number of benzene rings is 1. The number of aliphatic hydroxyl groups is 1. The second kappa shape index (κ2) is 11.0. The van der Waals surface area contributed by atoms with Crippen LogP contribution in [0.15, 0.2) is 29.4 Å². The summed E-state index contributed by atoms with van der Waals surface area (Å²) in [4.78, 5) is 52.3. The summed E-state index contributed by atoms with van der Waals surface area (Å²) < 4.78 is 1.38. The quantitative estimate of drug-likeness (QED) is 0.186. The standard InChI is InChI=1S/C21H26N8O6S2/c22-7-15(32)29(13-3-1-12(8-30)2-4-13)16-17(33)27-9-21(19(34)35,10-36-18(16)27)11-37-20-24-25-26-28(20)6-5-14(23)31/h1-4,16,18,30H,5-11,22H2,(H2,23,31)(H,34,35)/t16?,18-,21?/m1/s1. The fraction of sp³-hybridized carbons (Fsp3) is 0.476. The van der Waals surface area contributed by atoms with Crippen molar-refractivity contribution in [3.05, 3.63) is 29.8 Å². The topological polar surface area (TPSA) is 211 Å². The van der Waals surface area contributed by atoms with Crippen LogP contribution in [0.4, 0.5) is 5.69 Å². The summed E-state index contributed by atoms with van der Waals surface area (Å²) in [5, 5.41) is 30.6. The largest absolute Gasteiger partial charge is 0.481 e. The molecule has 4 rings (SSSR count). The van der Waals surface area contributed by atoms with Gasteiger partial charge in [-0.15, -0.1) is 16.9 Å². The van der Waals surface area contributed by atoms with Gasteiger partial charge in [0.2, 0.25) is 22.9 Å². The monoisotopic (exact) mass is 550 g/mol. The van der Waals surface area contributed by atoms with Gasteiger partial charge in [-0.1, -0.05) is 23.9 Å². The number of carboxylic acid groups (broad SMARTS) is 1. The molecule has 2 aliphatic heterocycles. The van der Waals surface area contributed by atoms with Gasteiger partial charge >= 0.3 is 5.97 Å². The van der Waals surface area contributed by atoms with Gasteiger partial charge in [-0.3, -0.25) is 24.1 Å². The highest BCUT2D eigenvalue weighted by molar-refractivity contribution is 8.00. The van der Waals surface area contributed by atoms with E-state index in [-0.39, 0.29) is 50.1 Å². The first-order valence-electron chi connectivity index (χ1n) is 11.3. The van der Waals surface area contributed by atoms with Gasteiger partial charge in [0, 0.05) is 30.2 Å². The minimum Gasteiger partial charge on any atom is -0.481 e. The normalized spacial score (nSPS) is 22.8. The number of β-lactam (4-membered cyclic amide) rings is 1. The molecule has 16 heteroatoms. The SMILES string of the molecule is NCC(=O)N(c1ccc(CO)cc1)C1C(=O)N2CC(CSc3nnnn3CCC(N)=O)(C(=O)O)CS[C@H]12. The van der Waals surface area contributed by atoms with E-state index in [9.17, 15) is 29.4 Å². The first-order chi connectivity index (χ1) is 17.7. The Balaban J connectivity index is 1.49. The van der Waals surface area contributed by atoms with E-state index < -0.39 is 34.6 Å². The van der Waals surface area contributed by atoms with E-state index in [1.165, 1.54) is 26.2 Å². The Bertz CT molecular complexity index is 1190. The molecule has 0 bridgehead atoms. The molecule has 0 radical (unpaired) electrons. The molecular weight excluding hydrogens is 524 g/mol. The van der Waals surface area contributed by atoms with Crippen LogP contribution in [-0.4, -0.2) is 95.0 Å². The Morgan fingerprint density at radius 3 is 2.62 bits per heavy atom. The molecule has 1 aromatic carbocycles. The first-order valence-corrected chi connectivity index (χ1v) is 13.3. The maximum Gasteiger partial charge on any atom is 0.313 e. The van der Waals surface area contributed by atoms with Gasteiger partial charge in [-0.2, -0.15) is 0 Å². The number of tetrazole rings is 1. The van der Waals surface area contributed by atoms with Gasteiger partial charge in [0.1, 0.15) is 16.8 Å². The highest BCUT2D eigenvalue weighted by atomic mass is 32.2. The Morgan fingerprint density at radius 2 is 2.00 bits per heavy atom. The van der Waals surface area contributed by atoms with Crippen molar-refractivity contribution in [3.63, 3.8) is 0 Å². The van der Waals surface area contributed by atoms with Crippen LogP contribution in [0.25, 0.3) is 0 Å². The lowest BCUT2D eigenvalue weighted by atomic mass is 9.89. The van der Waals surface area contributed by atoms with Gasteiger partial charge in [0.25, 0.3) is 0 Å². The minimum absolute atomic E-state index is 0.0324. The Kier molecular flexibility index (Phi) is 8.01. The third-order valence-electron chi connectivity index (χ3n) is 6.24. The predicted molar refractivity (Wildman–Crippen MR) is 133 cm³/mol. The molecule has 2 saturated heterocycles. The molecular formula is C21H26N8O6S2. The predicted octanol–water partition coefficient (Wildman–Crippen LogP) is -1.52. The van der Waals surface area contributed by atoms with Crippen LogP contribution in [0.5, 0.6) is 0 Å². The number of thioether (sulfide) groups is 2. The van der Waals surface area contributed by atoms with Gasteiger partial charge in [0.05, 0.1) is 19.7 Å². The number of hydrogen-bond acceptors (Lipinski definition) is 11. The van der Waals surface area contributed by atoms with E-state index >= 15 is 0 Å². The average molecular weight is 551 g/mol. The molecule has 2 aromatic rings. The van der Waals surface area contributed by atoms with E-state index in [0.717, 1.165) is 11.8 Å². The maximum absolute atomic E-state index is 13.3. The summed E-state index contributed by atoms with van der Waals surface area (Å²) in [6, 6.07) is 5.78. The fourth-order valence-corrected chi connectivity index (χ4v) is 6.97. The number of carboxylic acids is 1. The van der Waals surface area contributed by atoms with Crippen molar-refractivity contribution in [3.8, 4) is 0 Å². The summed E-state index contributed by atoms with van der Waals surface area (Å²) in [5.74, 6) is -2.11. The lowest BCUT2D eigenvalue weighted by Gasteiger charge is -2.56. The molecule has 6 N–H and O–H groups in total. The fourth-order valence-electron chi connectivity index (χ4n) is 4.17. The van der Waals surface area contributed by atoms with Crippen molar-refractivity contribution in [1.29, 1.82) is 0 Å². The number of aliphatic carboxylic acids is 1. The Morgan fingerprint density at radius 1 is 1.27 bits per heavy atom. The van der Waals surface area contributed by atoms with Crippen molar-refractivity contribution in [1.82, 2.24) is 25.1 Å². The molecule has 37 heavy (non-hydrogen) atoms. The number of rotatable bonds is 11. The molecule has 3 atom stereocenters. The molecule has 3 heterocycles. The molecule has 14 nitrogen and oxygen atoms in total. The first kappa shape index (κ1) is 26.8. The van der Waals surface area contributed by atoms with Crippen molar-refractivity contribution >= 4 is 52.9 Å². The van der Waals surface area contributed by atoms with Gasteiger partial charge in [-0.25, -0.2) is 4.68 Å². The Hall–Kier alpha value is -3.21. The molecule has 198 valence electrons. The molecule has 3 amide bonds. The number of primary amides is 1. The number of amides is 3. The minimum atomic E-state index is -1.28. The molecule has 0 spiro atoms. The van der Waals surface area contributed by atoms with Gasteiger partial charge in [-0.05, 0) is 28.1 Å². The number of aromatic nitrogens is 4. The second-order valence-electron chi connectivity index (χ2n) is 8.68. The van der Waals surface area contributed by atoms with E-state index in [0.29, 0.717) is 16.4 Å². The summed E-state index contributed by atoms with van der Waals surface area (Å²) in [5.41, 5.74) is 10.7. The smallest absolute Gasteiger partial charge is 0.313 e. The zero-order chi connectivity index (χ0) is 26.7. The third-order valence-corrected chi connectivity index (χ3v) is 9.06. The maximum atomic E-state index is 13.3. The van der Waals surface area contributed by atoms with Crippen LogP contribution in [0.1, 0.15) is 12.0 Å². The van der Waals surface area contributed by atoms with Crippen LogP contribution in [-0.2, 0) is 32.3 Å². The number of nitrogens with zero attached hydrogens (tertiary/aromatic N) is 6. The van der Waals surface area contributed by atoms with Crippen LogP contribution >= 0.6 is 23.5 Å². The van der Waals surface area contributed by atoms with Crippen molar-refractivity contribution in [2.24, 2.45) is 16.9 Å². The van der Waals surface area contributed by atoms with Crippen LogP contribution in [0, 0.1) is 5.41 Å². The van der Waals surface area contributed by atoms with E-state index in [1.54, 1.807) is 24.3 Å². The molecule has 2 fully saturated rings. The summed E-state index contributed by atoms with van der Waals surface area (Å²) in [6.45, 7) is -0.340. The molecule has 0 aliphatic carbocycles. The molecule has 1 aromatic heterocycles. The lowest BCUT2D eigenvalue weighted by Crippen LogP contribution is -2.75. The number of aryl methyl sites for hydroxylation is 1. The number of anilines is 1. The summed E-state index contributed by atoms with van der Waals surface area (Å²) in [6.07, 6.45) is 0.0324. The average Bonchev–Trinajstić information content (AvgIpc) is 3.36. The number of hydrogen-bond donors (Lipinski definition) is 4. The van der Waals surface area contributed by atoms with Crippen molar-refractivity contribution < 1.29 is 29.4 Å². The number of carbonyl (C=O) groups excluding carboxylic acids is 3. The summed E-state index contributed by atoms with van der Waals surface area (Å²) in [7, 11) is 0. The second-order valence-corrected chi connectivity index (χ2v) is 10.7. The van der Waals surface area contributed by atoms with Crippen molar-refractivity contribution in [2.75, 3.05) is 29.5 Å². The highest BCUT2D eigenvalue weighted by Crippen LogP contribution is 2.46. The number of aliphatic hydroxyl groups excluding tert-OH is 1. The number of carbonyl (C=O) groups is 4.